The second-order valence-corrected chi connectivity index (χ2v) is 5.35. The predicted octanol–water partition coefficient (Wildman–Crippen LogP) is 2.45. The van der Waals surface area contributed by atoms with Crippen LogP contribution in [0.5, 0.6) is 5.75 Å². The number of aliphatic hydroxyl groups is 1. The van der Waals surface area contributed by atoms with Gasteiger partial charge in [-0.25, -0.2) is 4.98 Å². The third-order valence-electron chi connectivity index (χ3n) is 2.88. The molecule has 0 unspecified atom stereocenters. The van der Waals surface area contributed by atoms with Gasteiger partial charge in [-0.3, -0.25) is 0 Å². The highest BCUT2D eigenvalue weighted by atomic mass is 32.2. The Kier molecular flexibility index (Phi) is 5.73. The van der Waals surface area contributed by atoms with Crippen LogP contribution in [0.15, 0.2) is 35.7 Å². The minimum absolute atomic E-state index is 0.0883. The van der Waals surface area contributed by atoms with E-state index in [1.807, 2.05) is 36.0 Å². The number of ether oxygens (including phenoxy) is 1. The van der Waals surface area contributed by atoms with E-state index in [4.69, 9.17) is 9.84 Å². The molecule has 2 aromatic rings. The molecule has 0 radical (unpaired) electrons. The lowest BCUT2D eigenvalue weighted by atomic mass is 10.1. The summed E-state index contributed by atoms with van der Waals surface area (Å²) in [6, 6.07) is 5.88. The van der Waals surface area contributed by atoms with Gasteiger partial charge in [0.15, 0.2) is 5.16 Å². The second kappa shape index (κ2) is 7.77. The van der Waals surface area contributed by atoms with Gasteiger partial charge >= 0.3 is 0 Å². The number of methoxy groups -OCH3 is 1. The van der Waals surface area contributed by atoms with Gasteiger partial charge in [0, 0.05) is 42.7 Å². The molecule has 110 valence electrons. The van der Waals surface area contributed by atoms with Crippen molar-refractivity contribution in [2.75, 3.05) is 13.7 Å². The molecule has 0 saturated heterocycles. The molecule has 0 aliphatic heterocycles. The predicted molar refractivity (Wildman–Crippen MR) is 84.3 cm³/mol. The molecule has 5 heteroatoms. The molecule has 0 spiro atoms. The third-order valence-corrected chi connectivity index (χ3v) is 3.99. The van der Waals surface area contributed by atoms with E-state index in [9.17, 15) is 0 Å². The van der Waals surface area contributed by atoms with Crippen molar-refractivity contribution in [2.24, 2.45) is 7.05 Å². The number of aromatic nitrogens is 2. The largest absolute Gasteiger partial charge is 0.496 e. The zero-order valence-corrected chi connectivity index (χ0v) is 13.0. The van der Waals surface area contributed by atoms with E-state index in [1.54, 1.807) is 25.1 Å². The Balaban J connectivity index is 2.14. The normalized spacial score (nSPS) is 10.0. The van der Waals surface area contributed by atoms with E-state index < -0.39 is 0 Å². The summed E-state index contributed by atoms with van der Waals surface area (Å²) in [4.78, 5) is 4.30. The lowest BCUT2D eigenvalue weighted by Crippen LogP contribution is -1.94. The Bertz CT molecular complexity index is 656. The van der Waals surface area contributed by atoms with Crippen LogP contribution in [-0.4, -0.2) is 28.4 Å². The third kappa shape index (κ3) is 4.28. The molecule has 4 nitrogen and oxygen atoms in total. The summed E-state index contributed by atoms with van der Waals surface area (Å²) in [6.07, 6.45) is 4.20. The van der Waals surface area contributed by atoms with Crippen molar-refractivity contribution >= 4 is 11.8 Å². The van der Waals surface area contributed by atoms with Gasteiger partial charge in [0.25, 0.3) is 0 Å². The summed E-state index contributed by atoms with van der Waals surface area (Å²) < 4.78 is 7.39. The van der Waals surface area contributed by atoms with Gasteiger partial charge < -0.3 is 14.4 Å². The lowest BCUT2D eigenvalue weighted by Gasteiger charge is -2.08. The van der Waals surface area contributed by atoms with E-state index in [2.05, 4.69) is 16.8 Å². The Morgan fingerprint density at radius 1 is 1.43 bits per heavy atom. The van der Waals surface area contributed by atoms with Crippen molar-refractivity contribution in [3.63, 3.8) is 0 Å². The van der Waals surface area contributed by atoms with Crippen LogP contribution in [0, 0.1) is 11.8 Å². The van der Waals surface area contributed by atoms with Gasteiger partial charge in [-0.05, 0) is 18.2 Å². The number of aliphatic hydroxyl groups excluding tert-OH is 1. The topological polar surface area (TPSA) is 47.3 Å². The van der Waals surface area contributed by atoms with Crippen molar-refractivity contribution < 1.29 is 9.84 Å². The molecule has 21 heavy (non-hydrogen) atoms. The summed E-state index contributed by atoms with van der Waals surface area (Å²) >= 11 is 1.66. The lowest BCUT2D eigenvalue weighted by molar-refractivity contribution is 0.305. The second-order valence-electron chi connectivity index (χ2n) is 4.41. The number of aryl methyl sites for hydroxylation is 1. The van der Waals surface area contributed by atoms with Crippen molar-refractivity contribution in [1.82, 2.24) is 9.55 Å². The maximum absolute atomic E-state index is 8.76. The zero-order valence-electron chi connectivity index (χ0n) is 12.2. The zero-order chi connectivity index (χ0) is 15.1. The van der Waals surface area contributed by atoms with Crippen LogP contribution in [0.25, 0.3) is 0 Å². The van der Waals surface area contributed by atoms with E-state index in [0.29, 0.717) is 6.42 Å². The average molecular weight is 302 g/mol. The Labute approximate surface area is 129 Å². The smallest absolute Gasteiger partial charge is 0.167 e. The molecule has 1 N–H and O–H groups in total. The highest BCUT2D eigenvalue weighted by Gasteiger charge is 2.07. The van der Waals surface area contributed by atoms with Crippen molar-refractivity contribution in [3.05, 3.63) is 41.7 Å². The molecule has 0 amide bonds. The first-order chi connectivity index (χ1) is 10.2. The van der Waals surface area contributed by atoms with Crippen LogP contribution in [-0.2, 0) is 12.8 Å². The molecule has 0 atom stereocenters. The minimum atomic E-state index is 0.0883. The fourth-order valence-corrected chi connectivity index (χ4v) is 2.73. The number of thioether (sulfide) groups is 1. The van der Waals surface area contributed by atoms with Crippen molar-refractivity contribution in [3.8, 4) is 17.6 Å². The maximum atomic E-state index is 8.76. The van der Waals surface area contributed by atoms with Gasteiger partial charge in [0.1, 0.15) is 5.75 Å². The van der Waals surface area contributed by atoms with Crippen LogP contribution in [0.1, 0.15) is 17.5 Å². The van der Waals surface area contributed by atoms with E-state index in [1.165, 1.54) is 0 Å². The number of hydrogen-bond acceptors (Lipinski definition) is 4. The molecule has 0 bridgehead atoms. The van der Waals surface area contributed by atoms with Crippen molar-refractivity contribution in [2.45, 2.75) is 17.3 Å². The van der Waals surface area contributed by atoms with Crippen LogP contribution in [0.3, 0.4) is 0 Å². The summed E-state index contributed by atoms with van der Waals surface area (Å²) in [5.41, 5.74) is 2.01. The Hall–Kier alpha value is -1.90. The van der Waals surface area contributed by atoms with Crippen molar-refractivity contribution in [1.29, 1.82) is 0 Å². The van der Waals surface area contributed by atoms with Gasteiger partial charge in [-0.1, -0.05) is 23.6 Å². The van der Waals surface area contributed by atoms with E-state index in [-0.39, 0.29) is 6.61 Å². The Morgan fingerprint density at radius 2 is 2.29 bits per heavy atom. The molecular weight excluding hydrogens is 284 g/mol. The number of benzene rings is 1. The van der Waals surface area contributed by atoms with Crippen LogP contribution in [0.4, 0.5) is 0 Å². The van der Waals surface area contributed by atoms with Crippen LogP contribution >= 0.6 is 11.8 Å². The monoisotopic (exact) mass is 302 g/mol. The minimum Gasteiger partial charge on any atom is -0.496 e. The van der Waals surface area contributed by atoms with Crippen LogP contribution in [0.2, 0.25) is 0 Å². The molecule has 0 saturated carbocycles. The quantitative estimate of drug-likeness (QED) is 0.681. The standard InChI is InChI=1S/C16H18N2O2S/c1-18-9-8-17-16(18)21-12-14-11-13(5-3-4-10-19)6-7-15(14)20-2/h6-9,11,19H,4,10,12H2,1-2H3. The molecule has 0 fully saturated rings. The summed E-state index contributed by atoms with van der Waals surface area (Å²) in [5.74, 6) is 7.60. The number of nitrogens with zero attached hydrogens (tertiary/aromatic N) is 2. The molecular formula is C16H18N2O2S. The number of imidazole rings is 1. The van der Waals surface area contributed by atoms with E-state index >= 15 is 0 Å². The van der Waals surface area contributed by atoms with Gasteiger partial charge in [-0.15, -0.1) is 0 Å². The van der Waals surface area contributed by atoms with Gasteiger partial charge in [0.05, 0.1) is 13.7 Å². The molecule has 0 aliphatic carbocycles. The Morgan fingerprint density at radius 3 is 2.95 bits per heavy atom. The first-order valence-electron chi connectivity index (χ1n) is 6.61. The summed E-state index contributed by atoms with van der Waals surface area (Å²) in [6.45, 7) is 0.0883. The fourth-order valence-electron chi connectivity index (χ4n) is 1.82. The van der Waals surface area contributed by atoms with E-state index in [0.717, 1.165) is 27.8 Å². The molecule has 2 rings (SSSR count). The average Bonchev–Trinajstić information content (AvgIpc) is 2.91. The van der Waals surface area contributed by atoms with Crippen LogP contribution < -0.4 is 4.74 Å². The maximum Gasteiger partial charge on any atom is 0.167 e. The number of rotatable bonds is 5. The number of hydrogen-bond donors (Lipinski definition) is 1. The SMILES string of the molecule is COc1ccc(C#CCCO)cc1CSc1nccn1C. The highest BCUT2D eigenvalue weighted by Crippen LogP contribution is 2.27. The van der Waals surface area contributed by atoms with Gasteiger partial charge in [0.2, 0.25) is 0 Å². The molecule has 1 aromatic carbocycles. The first kappa shape index (κ1) is 15.5. The van der Waals surface area contributed by atoms with Gasteiger partial charge in [-0.2, -0.15) is 0 Å². The fraction of sp³-hybridized carbons (Fsp3) is 0.312. The summed E-state index contributed by atoms with van der Waals surface area (Å²) in [5, 5.41) is 9.73. The highest BCUT2D eigenvalue weighted by molar-refractivity contribution is 7.98. The molecule has 0 aliphatic rings. The first-order valence-corrected chi connectivity index (χ1v) is 7.60. The molecule has 1 heterocycles. The summed E-state index contributed by atoms with van der Waals surface area (Å²) in [7, 11) is 3.64. The molecule has 1 aromatic heterocycles.